The Morgan fingerprint density at radius 1 is 1.57 bits per heavy atom. The van der Waals surface area contributed by atoms with Gasteiger partial charge in [-0.15, -0.1) is 0 Å². The van der Waals surface area contributed by atoms with E-state index in [0.717, 1.165) is 19.4 Å². The van der Waals surface area contributed by atoms with E-state index in [1.807, 2.05) is 6.92 Å². The summed E-state index contributed by atoms with van der Waals surface area (Å²) < 4.78 is 0. The lowest BCUT2D eigenvalue weighted by Crippen LogP contribution is -2.30. The molecule has 80 valence electrons. The largest absolute Gasteiger partial charge is 0.356 e. The molecule has 2 nitrogen and oxygen atoms in total. The number of carbonyl (C=O) groups is 1. The summed E-state index contributed by atoms with van der Waals surface area (Å²) in [5, 5.41) is 2.97. The zero-order chi connectivity index (χ0) is 10.4. The quantitative estimate of drug-likeness (QED) is 0.640. The first-order valence-corrected chi connectivity index (χ1v) is 5.68. The lowest BCUT2D eigenvalue weighted by Gasteiger charge is -2.15. The van der Waals surface area contributed by atoms with Crippen LogP contribution in [-0.4, -0.2) is 12.5 Å². The van der Waals surface area contributed by atoms with E-state index in [-0.39, 0.29) is 11.8 Å². The predicted octanol–water partition coefficient (Wildman–Crippen LogP) is 2.51. The van der Waals surface area contributed by atoms with Crippen molar-refractivity contribution in [2.24, 2.45) is 11.8 Å². The summed E-state index contributed by atoms with van der Waals surface area (Å²) >= 11 is 0. The molecule has 0 aliphatic carbocycles. The van der Waals surface area contributed by atoms with Crippen LogP contribution in [0.4, 0.5) is 0 Å². The molecule has 1 aliphatic heterocycles. The molecule has 0 aromatic heterocycles. The molecule has 0 spiro atoms. The molecule has 1 amide bonds. The summed E-state index contributed by atoms with van der Waals surface area (Å²) in [6.45, 7) is 5.05. The molecule has 2 heteroatoms. The zero-order valence-electron chi connectivity index (χ0n) is 9.25. The summed E-state index contributed by atoms with van der Waals surface area (Å²) in [4.78, 5) is 11.4. The van der Waals surface area contributed by atoms with E-state index in [1.54, 1.807) is 0 Å². The summed E-state index contributed by atoms with van der Waals surface area (Å²) in [6, 6.07) is 0. The third-order valence-electron chi connectivity index (χ3n) is 2.92. The van der Waals surface area contributed by atoms with Gasteiger partial charge in [-0.3, -0.25) is 4.79 Å². The average Bonchev–Trinajstić information content (AvgIpc) is 2.20. The van der Waals surface area contributed by atoms with E-state index in [2.05, 4.69) is 24.4 Å². The van der Waals surface area contributed by atoms with Crippen LogP contribution >= 0.6 is 0 Å². The van der Waals surface area contributed by atoms with Gasteiger partial charge in [-0.2, -0.15) is 0 Å². The molecule has 0 aromatic rings. The maximum Gasteiger partial charge on any atom is 0.223 e. The Kier molecular flexibility index (Phi) is 4.71. The molecular formula is C12H21NO. The van der Waals surface area contributed by atoms with Gasteiger partial charge >= 0.3 is 0 Å². The lowest BCUT2D eigenvalue weighted by molar-refractivity contribution is -0.124. The maximum atomic E-state index is 11.4. The second-order valence-corrected chi connectivity index (χ2v) is 4.17. The van der Waals surface area contributed by atoms with E-state index < -0.39 is 0 Å². The highest BCUT2D eigenvalue weighted by Gasteiger charge is 2.12. The van der Waals surface area contributed by atoms with Crippen LogP contribution in [0.3, 0.4) is 0 Å². The lowest BCUT2D eigenvalue weighted by atomic mass is 9.96. The van der Waals surface area contributed by atoms with E-state index in [0.29, 0.717) is 5.92 Å². The number of hydrogen-bond acceptors (Lipinski definition) is 1. The van der Waals surface area contributed by atoms with E-state index in [4.69, 9.17) is 0 Å². The minimum absolute atomic E-state index is 0.127. The van der Waals surface area contributed by atoms with Gasteiger partial charge in [0.25, 0.3) is 0 Å². The Labute approximate surface area is 86.8 Å². The van der Waals surface area contributed by atoms with Gasteiger partial charge in [0, 0.05) is 12.5 Å². The van der Waals surface area contributed by atoms with Crippen molar-refractivity contribution < 1.29 is 4.79 Å². The average molecular weight is 195 g/mol. The molecular weight excluding hydrogens is 174 g/mol. The molecule has 0 radical (unpaired) electrons. The van der Waals surface area contributed by atoms with Crippen molar-refractivity contribution in [3.63, 3.8) is 0 Å². The molecule has 0 saturated carbocycles. The van der Waals surface area contributed by atoms with Crippen LogP contribution < -0.4 is 5.32 Å². The van der Waals surface area contributed by atoms with Gasteiger partial charge in [0.1, 0.15) is 0 Å². The second-order valence-electron chi connectivity index (χ2n) is 4.17. The van der Waals surface area contributed by atoms with Crippen molar-refractivity contribution in [2.45, 2.75) is 39.5 Å². The second kappa shape index (κ2) is 5.84. The summed E-state index contributed by atoms with van der Waals surface area (Å²) in [6.07, 6.45) is 8.84. The molecule has 1 heterocycles. The smallest absolute Gasteiger partial charge is 0.223 e. The van der Waals surface area contributed by atoms with Crippen LogP contribution in [0, 0.1) is 11.8 Å². The fraction of sp³-hybridized carbons (Fsp3) is 0.750. The van der Waals surface area contributed by atoms with Crippen molar-refractivity contribution in [3.05, 3.63) is 12.2 Å². The third kappa shape index (κ3) is 3.52. The molecule has 0 fully saturated rings. The fourth-order valence-electron chi connectivity index (χ4n) is 1.77. The van der Waals surface area contributed by atoms with Crippen molar-refractivity contribution in [1.29, 1.82) is 0 Å². The van der Waals surface area contributed by atoms with Crippen molar-refractivity contribution in [2.75, 3.05) is 6.54 Å². The number of rotatable bonds is 1. The van der Waals surface area contributed by atoms with Gasteiger partial charge in [-0.1, -0.05) is 26.0 Å². The maximum absolute atomic E-state index is 11.4. The van der Waals surface area contributed by atoms with Crippen LogP contribution in [0.1, 0.15) is 39.5 Å². The molecule has 1 aliphatic rings. The van der Waals surface area contributed by atoms with E-state index in [1.165, 1.54) is 12.8 Å². The summed E-state index contributed by atoms with van der Waals surface area (Å²) in [5.74, 6) is 1.03. The first-order valence-electron chi connectivity index (χ1n) is 5.68. The third-order valence-corrected chi connectivity index (χ3v) is 2.92. The number of hydrogen-bond donors (Lipinski definition) is 1. The Hall–Kier alpha value is -0.790. The molecule has 2 unspecified atom stereocenters. The van der Waals surface area contributed by atoms with Gasteiger partial charge in [-0.05, 0) is 31.6 Å². The molecule has 14 heavy (non-hydrogen) atoms. The number of carbonyl (C=O) groups excluding carboxylic acids is 1. The minimum atomic E-state index is 0.127. The standard InChI is InChI=1S/C12H21NO/c1-3-11-7-4-6-10(2)12(14)13-9-5-8-11/h4,7,10-11H,3,5-6,8-9H2,1-2H3,(H,13,14)/b7-4-. The fourth-order valence-corrected chi connectivity index (χ4v) is 1.77. The van der Waals surface area contributed by atoms with Gasteiger partial charge in [0.15, 0.2) is 0 Å². The highest BCUT2D eigenvalue weighted by Crippen LogP contribution is 2.15. The first kappa shape index (κ1) is 11.3. The van der Waals surface area contributed by atoms with Gasteiger partial charge in [-0.25, -0.2) is 0 Å². The van der Waals surface area contributed by atoms with Crippen LogP contribution in [0.5, 0.6) is 0 Å². The van der Waals surface area contributed by atoms with Crippen LogP contribution in [-0.2, 0) is 4.79 Å². The monoisotopic (exact) mass is 195 g/mol. The van der Waals surface area contributed by atoms with E-state index in [9.17, 15) is 4.79 Å². The number of amides is 1. The summed E-state index contributed by atoms with van der Waals surface area (Å²) in [7, 11) is 0. The SMILES string of the molecule is CCC1/C=C\CC(C)C(=O)NCCC1. The number of allylic oxidation sites excluding steroid dienone is 2. The molecule has 0 saturated heterocycles. The predicted molar refractivity (Wildman–Crippen MR) is 58.9 cm³/mol. The number of nitrogens with one attached hydrogen (secondary N) is 1. The summed E-state index contributed by atoms with van der Waals surface area (Å²) in [5.41, 5.74) is 0. The Balaban J connectivity index is 2.53. The van der Waals surface area contributed by atoms with Crippen LogP contribution in [0.25, 0.3) is 0 Å². The topological polar surface area (TPSA) is 29.1 Å². The molecule has 0 bridgehead atoms. The van der Waals surface area contributed by atoms with Crippen molar-refractivity contribution >= 4 is 5.91 Å². The molecule has 2 atom stereocenters. The highest BCUT2D eigenvalue weighted by atomic mass is 16.1. The molecule has 0 aromatic carbocycles. The Bertz CT molecular complexity index is 210. The highest BCUT2D eigenvalue weighted by molar-refractivity contribution is 5.78. The normalized spacial score (nSPS) is 32.0. The van der Waals surface area contributed by atoms with Crippen LogP contribution in [0.15, 0.2) is 12.2 Å². The first-order chi connectivity index (χ1) is 6.74. The van der Waals surface area contributed by atoms with E-state index >= 15 is 0 Å². The van der Waals surface area contributed by atoms with Crippen molar-refractivity contribution in [3.8, 4) is 0 Å². The Morgan fingerprint density at radius 2 is 2.36 bits per heavy atom. The zero-order valence-corrected chi connectivity index (χ0v) is 9.25. The van der Waals surface area contributed by atoms with Gasteiger partial charge in [0.05, 0.1) is 0 Å². The van der Waals surface area contributed by atoms with Gasteiger partial charge < -0.3 is 5.32 Å². The molecule has 1 N–H and O–H groups in total. The Morgan fingerprint density at radius 3 is 3.07 bits per heavy atom. The van der Waals surface area contributed by atoms with Crippen molar-refractivity contribution in [1.82, 2.24) is 5.32 Å². The van der Waals surface area contributed by atoms with Gasteiger partial charge in [0.2, 0.25) is 5.91 Å². The molecule has 1 rings (SSSR count). The van der Waals surface area contributed by atoms with Crippen LogP contribution in [0.2, 0.25) is 0 Å². The minimum Gasteiger partial charge on any atom is -0.356 e.